The largest absolute Gasteiger partial charge is 0.677 e. The van der Waals surface area contributed by atoms with Gasteiger partial charge in [-0.2, -0.15) is 13.1 Å². The van der Waals surface area contributed by atoms with Crippen LogP contribution in [-0.2, 0) is 94.1 Å². The number of fused-ring (bicyclic) bond motifs is 4. The molecule has 706 valence electrons. The summed E-state index contributed by atoms with van der Waals surface area (Å²) in [5, 5.41) is 27.4. The third kappa shape index (κ3) is 40.2. The molecule has 3 aliphatic heterocycles. The fourth-order valence-corrected chi connectivity index (χ4v) is 13.2. The van der Waals surface area contributed by atoms with E-state index in [2.05, 4.69) is 52.6 Å². The molecule has 0 radical (unpaired) electrons. The van der Waals surface area contributed by atoms with Crippen LogP contribution < -0.4 is 31.9 Å². The first kappa shape index (κ1) is 112. The molecule has 36 heteroatoms. The SMILES string of the molecule is C.C.CC(=[N-])N(CCNc1c2ccccc2nc2ccccc12)CCOC(=O)N(C)CCN(C)C(=O)OCc1ccc(NC(=O)[C@H](CCCNC(N)=O)CC(=O)[C@@H](NC(=O)CCCCCN2C(=O)C=CC2=O)C(C)C)cc1.CC(C)CC(=O)CCOCCN=[N+]=[N-].O=C(CCCC(=O)N1Cc2ccccc2C#Cc2ccccc21)CCN1C(=O)C=CC1=O.[Cl][Pt+].[NH-]CCC[NH-]. The second kappa shape index (κ2) is 62.1. The number of para-hydroxylation sites is 3. The first-order valence-corrected chi connectivity index (χ1v) is 45.2. The van der Waals surface area contributed by atoms with Gasteiger partial charge in [-0.1, -0.05) is 157 Å². The summed E-state index contributed by atoms with van der Waals surface area (Å²) in [6, 6.07) is 36.2. The van der Waals surface area contributed by atoms with Gasteiger partial charge in [-0.05, 0) is 123 Å². The number of halogens is 1. The van der Waals surface area contributed by atoms with Crippen LogP contribution in [0.15, 0.2) is 151 Å². The number of azide groups is 1. The van der Waals surface area contributed by atoms with Gasteiger partial charge in [0.1, 0.15) is 18.2 Å². The number of Topliss-reactive ketones (excluding diaryl/α,β-unsaturated/α-hetero) is 3. The van der Waals surface area contributed by atoms with E-state index in [0.717, 1.165) is 66.1 Å². The maximum Gasteiger partial charge on any atom is -0.0916 e. The number of unbranched alkanes of at least 4 members (excludes halogenated alkanes) is 2. The number of benzene rings is 5. The summed E-state index contributed by atoms with van der Waals surface area (Å²) in [5.74, 6) is 3.26. The number of aromatic nitrogens is 1. The van der Waals surface area contributed by atoms with E-state index in [1.165, 1.54) is 34.1 Å². The van der Waals surface area contributed by atoms with Crippen molar-refractivity contribution in [3.8, 4) is 11.8 Å². The molecular weight excluding hydrogens is 1870 g/mol. The number of imide groups is 2. The summed E-state index contributed by atoms with van der Waals surface area (Å²) in [7, 11) is 7.71. The van der Waals surface area contributed by atoms with Gasteiger partial charge in [-0.3, -0.25) is 57.7 Å². The zero-order valence-electron chi connectivity index (χ0n) is 73.6. The topological polar surface area (TPSA) is 475 Å². The fourth-order valence-electron chi connectivity index (χ4n) is 13.2. The molecule has 2 atom stereocenters. The predicted octanol–water partition coefficient (Wildman–Crippen LogP) is 14.8. The maximum atomic E-state index is 13.7. The number of anilines is 3. The summed E-state index contributed by atoms with van der Waals surface area (Å²) < 4.78 is 16.1. The molecule has 1 aromatic heterocycles. The van der Waals surface area contributed by atoms with Crippen molar-refractivity contribution in [3.63, 3.8) is 0 Å². The van der Waals surface area contributed by atoms with Crippen molar-refractivity contribution in [2.75, 3.05) is 121 Å². The van der Waals surface area contributed by atoms with Gasteiger partial charge >= 0.3 is 46.4 Å². The molecular formula is C94H125ClN18O16Pt-2. The van der Waals surface area contributed by atoms with E-state index in [9.17, 15) is 67.7 Å². The molecule has 0 aliphatic carbocycles. The third-order valence-electron chi connectivity index (χ3n) is 20.1. The number of carbonyl (C=O) groups excluding carboxylic acids is 13. The van der Waals surface area contributed by atoms with Crippen LogP contribution in [-0.4, -0.2) is 224 Å². The van der Waals surface area contributed by atoms with E-state index in [0.29, 0.717) is 115 Å². The number of carbonyl (C=O) groups is 13. The predicted molar refractivity (Wildman–Crippen MR) is 502 cm³/mol. The molecule has 0 spiro atoms. The van der Waals surface area contributed by atoms with Crippen molar-refractivity contribution < 1.29 is 95.3 Å². The van der Waals surface area contributed by atoms with Crippen molar-refractivity contribution in [1.82, 2.24) is 40.1 Å². The van der Waals surface area contributed by atoms with Crippen molar-refractivity contribution in [2.24, 2.45) is 28.6 Å². The van der Waals surface area contributed by atoms with Gasteiger partial charge in [0.25, 0.3) is 23.6 Å². The Balaban J connectivity index is 0.000000642. The van der Waals surface area contributed by atoms with Crippen LogP contribution in [0.1, 0.15) is 162 Å². The maximum absolute atomic E-state index is 13.7. The second-order valence-corrected chi connectivity index (χ2v) is 30.8. The van der Waals surface area contributed by atoms with Crippen LogP contribution in [0.5, 0.6) is 0 Å². The number of nitrogens with one attached hydrogen (secondary N) is 6. The monoisotopic (exact) mass is 1990 g/mol. The Morgan fingerprint density at radius 2 is 1.21 bits per heavy atom. The van der Waals surface area contributed by atoms with Gasteiger partial charge in [0.2, 0.25) is 17.7 Å². The van der Waals surface area contributed by atoms with Crippen LogP contribution >= 0.6 is 9.42 Å². The number of amides is 11. The van der Waals surface area contributed by atoms with Crippen molar-refractivity contribution in [2.45, 2.75) is 159 Å². The van der Waals surface area contributed by atoms with Gasteiger partial charge in [0, 0.05) is 168 Å². The van der Waals surface area contributed by atoms with Crippen LogP contribution in [0, 0.1) is 29.6 Å². The first-order valence-electron chi connectivity index (χ1n) is 42.4. The molecule has 130 heavy (non-hydrogen) atoms. The average molecular weight is 1990 g/mol. The van der Waals surface area contributed by atoms with E-state index in [1.807, 2.05) is 111 Å². The number of ketones is 3. The molecule has 0 bridgehead atoms. The number of urea groups is 1. The molecule has 0 saturated carbocycles. The molecule has 0 unspecified atom stereocenters. The minimum atomic E-state index is -0.855. The Labute approximate surface area is 777 Å². The van der Waals surface area contributed by atoms with Crippen LogP contribution in [0.4, 0.5) is 31.4 Å². The summed E-state index contributed by atoms with van der Waals surface area (Å²) in [6.07, 6.45) is 8.53. The normalized spacial score (nSPS) is 12.3. The van der Waals surface area contributed by atoms with E-state index in [1.54, 1.807) is 87.7 Å². The molecule has 11 amide bonds. The molecule has 0 fully saturated rings. The van der Waals surface area contributed by atoms with Gasteiger partial charge in [-0.25, -0.2) is 19.4 Å². The van der Waals surface area contributed by atoms with Gasteiger partial charge in [0.15, 0.2) is 5.78 Å². The average Bonchev–Trinajstić information content (AvgIpc) is 0.963. The third-order valence-corrected chi connectivity index (χ3v) is 20.1. The summed E-state index contributed by atoms with van der Waals surface area (Å²) in [5.41, 5.74) is 33.3. The number of amidine groups is 1. The molecule has 6 aromatic rings. The number of nitrogens with two attached hydrogens (primary N) is 1. The Morgan fingerprint density at radius 3 is 1.79 bits per heavy atom. The Hall–Kier alpha value is -12.2. The van der Waals surface area contributed by atoms with Crippen molar-refractivity contribution in [3.05, 3.63) is 195 Å². The van der Waals surface area contributed by atoms with Crippen molar-refractivity contribution >= 4 is 131 Å². The number of hydrogen-bond acceptors (Lipinski definition) is 19. The smallest absolute Gasteiger partial charge is 0.0916 e. The summed E-state index contributed by atoms with van der Waals surface area (Å²) in [4.78, 5) is 176. The Kier molecular flexibility index (Phi) is 53.4. The Bertz CT molecular complexity index is 4830. The number of likely N-dealkylation sites (N-methyl/N-ethyl adjacent to an activating group) is 2. The van der Waals surface area contributed by atoms with Crippen LogP contribution in [0.3, 0.4) is 0 Å². The van der Waals surface area contributed by atoms with E-state index in [-0.39, 0.29) is 159 Å². The molecule has 5 aromatic carbocycles. The first-order chi connectivity index (χ1) is 61.5. The number of primary amides is 1. The number of nitrogens with zero attached hydrogens (tertiary/aromatic N) is 11. The minimum absolute atomic E-state index is 0. The summed E-state index contributed by atoms with van der Waals surface area (Å²) >= 11 is 1.61. The molecule has 34 nitrogen and oxygen atoms in total. The molecule has 4 heterocycles. The van der Waals surface area contributed by atoms with Gasteiger partial charge in [-0.15, -0.1) is 0 Å². The number of rotatable bonds is 46. The molecule has 0 saturated heterocycles. The zero-order chi connectivity index (χ0) is 93.9. The second-order valence-electron chi connectivity index (χ2n) is 30.8. The van der Waals surface area contributed by atoms with Crippen molar-refractivity contribution in [1.29, 1.82) is 0 Å². The van der Waals surface area contributed by atoms with E-state index < -0.39 is 47.9 Å². The number of hydrogen-bond donors (Lipinski definition) is 5. The van der Waals surface area contributed by atoms with Crippen LogP contribution in [0.25, 0.3) is 49.1 Å². The molecule has 9 rings (SSSR count). The number of ether oxygens (including phenoxy) is 3. The quantitative estimate of drug-likeness (QED) is 0.00273. The van der Waals surface area contributed by atoms with E-state index >= 15 is 0 Å². The molecule has 8 N–H and O–H groups in total. The zero-order valence-corrected chi connectivity index (χ0v) is 76.6. The van der Waals surface area contributed by atoms with Gasteiger partial charge in [0.05, 0.1) is 54.8 Å². The van der Waals surface area contributed by atoms with E-state index in [4.69, 9.17) is 41.9 Å². The summed E-state index contributed by atoms with van der Waals surface area (Å²) in [6.45, 7) is 13.5. The fraction of sp³-hybridized carbons (Fsp3) is 0.457. The van der Waals surface area contributed by atoms with Gasteiger partial charge < -0.3 is 77.7 Å². The minimum Gasteiger partial charge on any atom is -0.677 e. The van der Waals surface area contributed by atoms with Crippen LogP contribution in [0.2, 0.25) is 0 Å². The Morgan fingerprint density at radius 1 is 0.631 bits per heavy atom. The standard InChI is InChI=1S/C54H70N11O10.C26H22N2O4.C9H17N3O2.C3H8N2.2CH4.ClH.Pt/c1-36(2)49(61-46(67)19-7-6-12-28-65-47(68)24-25-48(65)69)45(66)34-39(14-13-26-58-52(56)71)51(70)59-40-22-20-38(21-23-40)35-75-54(73)63(5)31-30-62(4)53(72)74-33-32-64(37(3)55)29-27-57-50-41-15-8-10-17-43(41)60-44-18-11-9-16-42(44)50;29-22(16-17-27-25(31)14-15-26(27)32)9-5-11-24(30)28-18-21-8-2-1-6-19(21)12-13-20-7-3-4-10-23(20)28;1-8(2)7-9(13)3-5-14-6-4-11-12-10;4-2-1-3-5;;;;/h8-11,15-18,20-25,36,39,49H,6-7,12-14,19,26-35H2,1-5H3,(H,57,60)(H,59,70)(H,61,67)(H3,56,58,71);1-4,6-8,10,14-15H,5,9,11,16-18H2;8H,3-7H2,1-2H3;4-5H,1-3H2;2*1H4;1H;/q-1;;;-2;;;;+2/p-1/t39-,49+;;;;;;;/m1......./s1. The number of pyridine rings is 1. The molecule has 3 aliphatic rings.